The van der Waals surface area contributed by atoms with Crippen LogP contribution in [0.3, 0.4) is 0 Å². The number of aromatic nitrogens is 2. The van der Waals surface area contributed by atoms with Crippen molar-refractivity contribution >= 4 is 34.2 Å². The predicted octanol–water partition coefficient (Wildman–Crippen LogP) is 5.18. The number of unbranched alkanes of at least 4 members (excludes halogenated alkanes) is 2. The van der Waals surface area contributed by atoms with Crippen molar-refractivity contribution in [2.45, 2.75) is 45.0 Å². The van der Waals surface area contributed by atoms with E-state index in [1.165, 1.54) is 12.8 Å². The average Bonchev–Trinajstić information content (AvgIpc) is 2.68. The maximum Gasteiger partial charge on any atom is 0.127 e. The van der Waals surface area contributed by atoms with E-state index in [9.17, 15) is 0 Å². The molecule has 2 nitrogen and oxygen atoms in total. The lowest BCUT2D eigenvalue weighted by Gasteiger charge is -2.10. The van der Waals surface area contributed by atoms with Crippen LogP contribution in [0.1, 0.15) is 44.3 Å². The smallest absolute Gasteiger partial charge is 0.127 e. The van der Waals surface area contributed by atoms with Crippen molar-refractivity contribution in [3.63, 3.8) is 0 Å². The summed E-state index contributed by atoms with van der Waals surface area (Å²) in [7, 11) is 0. The normalized spacial score (nSPS) is 13.1. The molecule has 18 heavy (non-hydrogen) atoms. The maximum absolute atomic E-state index is 6.22. The van der Waals surface area contributed by atoms with Gasteiger partial charge in [-0.3, -0.25) is 0 Å². The fraction of sp³-hybridized carbons (Fsp3) is 0.500. The van der Waals surface area contributed by atoms with Crippen LogP contribution in [0.25, 0.3) is 11.0 Å². The molecule has 0 saturated heterocycles. The highest BCUT2D eigenvalue weighted by Gasteiger charge is 2.14. The second-order valence-electron chi connectivity index (χ2n) is 4.58. The van der Waals surface area contributed by atoms with Gasteiger partial charge in [0.15, 0.2) is 0 Å². The van der Waals surface area contributed by atoms with Gasteiger partial charge < -0.3 is 4.57 Å². The maximum atomic E-state index is 6.22. The van der Waals surface area contributed by atoms with Crippen molar-refractivity contribution in [2.75, 3.05) is 0 Å². The molecule has 0 spiro atoms. The Kier molecular flexibility index (Phi) is 4.52. The Bertz CT molecular complexity index is 532. The highest BCUT2D eigenvalue weighted by Crippen LogP contribution is 2.26. The van der Waals surface area contributed by atoms with Gasteiger partial charge in [0.1, 0.15) is 5.82 Å². The number of nitrogens with zero attached hydrogens (tertiary/aromatic N) is 2. The van der Waals surface area contributed by atoms with Crippen molar-refractivity contribution < 1.29 is 0 Å². The fourth-order valence-corrected chi connectivity index (χ4v) is 2.51. The van der Waals surface area contributed by atoms with Crippen molar-refractivity contribution in [3.8, 4) is 0 Å². The minimum atomic E-state index is -0.0854. The molecule has 0 aliphatic heterocycles. The number of alkyl halides is 1. The summed E-state index contributed by atoms with van der Waals surface area (Å²) in [5.41, 5.74) is 2.06. The number of halogens is 2. The van der Waals surface area contributed by atoms with Crippen molar-refractivity contribution in [3.05, 3.63) is 29.0 Å². The molecule has 0 aliphatic rings. The predicted molar refractivity (Wildman–Crippen MR) is 78.5 cm³/mol. The molecule has 1 atom stereocenters. The van der Waals surface area contributed by atoms with Gasteiger partial charge in [-0.15, -0.1) is 11.6 Å². The SMILES string of the molecule is CCCCCn1c(C(C)Cl)nc2cc(Cl)ccc21. The van der Waals surface area contributed by atoms with Crippen LogP contribution in [0.2, 0.25) is 5.02 Å². The molecule has 0 amide bonds. The van der Waals surface area contributed by atoms with Crippen LogP contribution >= 0.6 is 23.2 Å². The summed E-state index contributed by atoms with van der Waals surface area (Å²) in [5.74, 6) is 0.935. The first kappa shape index (κ1) is 13.7. The highest BCUT2D eigenvalue weighted by atomic mass is 35.5. The summed E-state index contributed by atoms with van der Waals surface area (Å²) in [6.45, 7) is 5.13. The number of hydrogen-bond acceptors (Lipinski definition) is 1. The molecule has 1 unspecified atom stereocenters. The third-order valence-electron chi connectivity index (χ3n) is 3.08. The lowest BCUT2D eigenvalue weighted by Crippen LogP contribution is -2.04. The first-order valence-electron chi connectivity index (χ1n) is 6.43. The molecular weight excluding hydrogens is 267 g/mol. The van der Waals surface area contributed by atoms with E-state index >= 15 is 0 Å². The number of fused-ring (bicyclic) bond motifs is 1. The summed E-state index contributed by atoms with van der Waals surface area (Å²) >= 11 is 12.2. The van der Waals surface area contributed by atoms with E-state index < -0.39 is 0 Å². The fourth-order valence-electron chi connectivity index (χ4n) is 2.18. The number of imidazole rings is 1. The molecule has 2 aromatic rings. The van der Waals surface area contributed by atoms with Crippen molar-refractivity contribution in [2.24, 2.45) is 0 Å². The van der Waals surface area contributed by atoms with E-state index in [4.69, 9.17) is 23.2 Å². The molecule has 1 heterocycles. The molecule has 0 bridgehead atoms. The zero-order valence-electron chi connectivity index (χ0n) is 10.8. The molecule has 1 aromatic heterocycles. The first-order chi connectivity index (χ1) is 8.63. The van der Waals surface area contributed by atoms with Gasteiger partial charge in [0.2, 0.25) is 0 Å². The Morgan fingerprint density at radius 3 is 2.78 bits per heavy atom. The molecule has 1 aromatic carbocycles. The van der Waals surface area contributed by atoms with Crippen LogP contribution in [-0.4, -0.2) is 9.55 Å². The molecule has 0 saturated carbocycles. The van der Waals surface area contributed by atoms with Gasteiger partial charge in [0.25, 0.3) is 0 Å². The van der Waals surface area contributed by atoms with Crippen molar-refractivity contribution in [1.82, 2.24) is 9.55 Å². The Morgan fingerprint density at radius 2 is 2.11 bits per heavy atom. The largest absolute Gasteiger partial charge is 0.327 e. The lowest BCUT2D eigenvalue weighted by molar-refractivity contribution is 0.591. The van der Waals surface area contributed by atoms with Crippen LogP contribution in [0.5, 0.6) is 0 Å². The third-order valence-corrected chi connectivity index (χ3v) is 3.51. The summed E-state index contributed by atoms with van der Waals surface area (Å²) < 4.78 is 2.22. The van der Waals surface area contributed by atoms with Crippen LogP contribution in [-0.2, 0) is 6.54 Å². The van der Waals surface area contributed by atoms with E-state index in [2.05, 4.69) is 16.5 Å². The molecule has 0 radical (unpaired) electrons. The Labute approximate surface area is 118 Å². The Balaban J connectivity index is 2.42. The van der Waals surface area contributed by atoms with Gasteiger partial charge in [-0.05, 0) is 31.5 Å². The van der Waals surface area contributed by atoms with Gasteiger partial charge in [0.05, 0.1) is 16.4 Å². The number of aryl methyl sites for hydroxylation is 1. The van der Waals surface area contributed by atoms with Gasteiger partial charge in [-0.25, -0.2) is 4.98 Å². The van der Waals surface area contributed by atoms with Crippen LogP contribution < -0.4 is 0 Å². The van der Waals surface area contributed by atoms with Gasteiger partial charge in [-0.2, -0.15) is 0 Å². The Morgan fingerprint density at radius 1 is 1.33 bits per heavy atom. The summed E-state index contributed by atoms with van der Waals surface area (Å²) in [6.07, 6.45) is 3.59. The highest BCUT2D eigenvalue weighted by molar-refractivity contribution is 6.31. The van der Waals surface area contributed by atoms with Crippen molar-refractivity contribution in [1.29, 1.82) is 0 Å². The van der Waals surface area contributed by atoms with E-state index in [0.717, 1.165) is 34.8 Å². The zero-order chi connectivity index (χ0) is 13.1. The minimum absolute atomic E-state index is 0.0854. The van der Waals surface area contributed by atoms with Crippen LogP contribution in [0.15, 0.2) is 18.2 Å². The number of hydrogen-bond donors (Lipinski definition) is 0. The molecule has 98 valence electrons. The molecular formula is C14H18Cl2N2. The summed E-state index contributed by atoms with van der Waals surface area (Å²) in [6, 6.07) is 5.83. The van der Waals surface area contributed by atoms with E-state index in [0.29, 0.717) is 0 Å². The van der Waals surface area contributed by atoms with E-state index in [1.807, 2.05) is 25.1 Å². The lowest BCUT2D eigenvalue weighted by atomic mass is 10.2. The molecule has 2 rings (SSSR count). The monoisotopic (exact) mass is 284 g/mol. The van der Waals surface area contributed by atoms with Gasteiger partial charge >= 0.3 is 0 Å². The zero-order valence-corrected chi connectivity index (χ0v) is 12.3. The second kappa shape index (κ2) is 5.94. The van der Waals surface area contributed by atoms with E-state index in [-0.39, 0.29) is 5.38 Å². The van der Waals surface area contributed by atoms with Gasteiger partial charge in [0, 0.05) is 11.6 Å². The molecule has 4 heteroatoms. The van der Waals surface area contributed by atoms with Crippen LogP contribution in [0, 0.1) is 0 Å². The third kappa shape index (κ3) is 2.81. The van der Waals surface area contributed by atoms with Gasteiger partial charge in [-0.1, -0.05) is 31.4 Å². The Hall–Kier alpha value is -0.730. The molecule has 0 aliphatic carbocycles. The number of rotatable bonds is 5. The summed E-state index contributed by atoms with van der Waals surface area (Å²) in [5, 5.41) is 0.632. The topological polar surface area (TPSA) is 17.8 Å². The van der Waals surface area contributed by atoms with E-state index in [1.54, 1.807) is 0 Å². The molecule has 0 N–H and O–H groups in total. The molecule has 0 fully saturated rings. The van der Waals surface area contributed by atoms with Crippen LogP contribution in [0.4, 0.5) is 0 Å². The standard InChI is InChI=1S/C14H18Cl2N2/c1-3-4-5-8-18-13-7-6-11(16)9-12(13)17-14(18)10(2)15/h6-7,9-10H,3-5,8H2,1-2H3. The quantitative estimate of drug-likeness (QED) is 0.546. The second-order valence-corrected chi connectivity index (χ2v) is 5.67. The minimum Gasteiger partial charge on any atom is -0.327 e. The number of benzene rings is 1. The average molecular weight is 285 g/mol. The first-order valence-corrected chi connectivity index (χ1v) is 7.24. The summed E-state index contributed by atoms with van der Waals surface area (Å²) in [4.78, 5) is 4.60.